The second-order valence-corrected chi connectivity index (χ2v) is 6.26. The van der Waals surface area contributed by atoms with E-state index in [9.17, 15) is 9.59 Å². The van der Waals surface area contributed by atoms with Gasteiger partial charge < -0.3 is 15.3 Å². The lowest BCUT2D eigenvalue weighted by Crippen LogP contribution is -2.50. The highest BCUT2D eigenvalue weighted by atomic mass is 32.2. The van der Waals surface area contributed by atoms with Crippen molar-refractivity contribution in [3.8, 4) is 0 Å². The largest absolute Gasteiger partial charge is 0.480 e. The van der Waals surface area contributed by atoms with E-state index in [-0.39, 0.29) is 12.1 Å². The number of hydrogen-bond acceptors (Lipinski definition) is 4. The van der Waals surface area contributed by atoms with Gasteiger partial charge in [0, 0.05) is 24.4 Å². The van der Waals surface area contributed by atoms with Crippen molar-refractivity contribution in [1.82, 2.24) is 15.1 Å². The minimum atomic E-state index is -0.928. The van der Waals surface area contributed by atoms with E-state index >= 15 is 0 Å². The average Bonchev–Trinajstić information content (AvgIpc) is 3.10. The summed E-state index contributed by atoms with van der Waals surface area (Å²) in [6, 6.07) is -0.0362. The molecule has 2 rings (SSSR count). The molecule has 7 heteroatoms. The third-order valence-corrected chi connectivity index (χ3v) is 4.81. The van der Waals surface area contributed by atoms with Gasteiger partial charge in [0.25, 0.3) is 0 Å². The summed E-state index contributed by atoms with van der Waals surface area (Å²) in [6.07, 6.45) is 2.47. The van der Waals surface area contributed by atoms with Crippen LogP contribution in [-0.4, -0.2) is 70.3 Å². The number of hydrogen-bond donors (Lipinski definition) is 2. The summed E-state index contributed by atoms with van der Waals surface area (Å²) in [5.41, 5.74) is 0. The lowest BCUT2D eigenvalue weighted by atomic mass is 10.3. The Morgan fingerprint density at radius 3 is 2.79 bits per heavy atom. The van der Waals surface area contributed by atoms with Crippen molar-refractivity contribution in [1.29, 1.82) is 0 Å². The molecule has 2 aliphatic rings. The molecular formula is C12H21N3O3S. The van der Waals surface area contributed by atoms with Crippen molar-refractivity contribution in [2.75, 3.05) is 25.2 Å². The van der Waals surface area contributed by atoms with Crippen molar-refractivity contribution in [3.63, 3.8) is 0 Å². The summed E-state index contributed by atoms with van der Waals surface area (Å²) in [5, 5.41) is 11.9. The molecule has 2 amide bonds. The number of carboxylic acid groups (broad SMARTS) is 1. The highest BCUT2D eigenvalue weighted by Crippen LogP contribution is 2.26. The monoisotopic (exact) mass is 287 g/mol. The molecule has 0 bridgehead atoms. The van der Waals surface area contributed by atoms with Gasteiger partial charge in [0.05, 0.1) is 5.88 Å². The smallest absolute Gasteiger partial charge is 0.327 e. The molecule has 2 N–H and O–H groups in total. The van der Waals surface area contributed by atoms with Gasteiger partial charge in [0.1, 0.15) is 6.04 Å². The lowest BCUT2D eigenvalue weighted by Gasteiger charge is -2.26. The van der Waals surface area contributed by atoms with Crippen LogP contribution in [0.2, 0.25) is 0 Å². The first kappa shape index (κ1) is 14.5. The minimum absolute atomic E-state index is 0.270. The molecule has 0 aromatic carbocycles. The maximum absolute atomic E-state index is 12.0. The molecule has 1 heterocycles. The second-order valence-electron chi connectivity index (χ2n) is 5.26. The maximum Gasteiger partial charge on any atom is 0.327 e. The Bertz CT molecular complexity index is 362. The van der Waals surface area contributed by atoms with Crippen LogP contribution < -0.4 is 5.32 Å². The van der Waals surface area contributed by atoms with Gasteiger partial charge >= 0.3 is 12.0 Å². The summed E-state index contributed by atoms with van der Waals surface area (Å²) in [5.74, 6) is -0.000986. The van der Waals surface area contributed by atoms with Gasteiger partial charge in [-0.2, -0.15) is 0 Å². The Morgan fingerprint density at radius 1 is 1.53 bits per heavy atom. The predicted molar refractivity (Wildman–Crippen MR) is 74.2 cm³/mol. The van der Waals surface area contributed by atoms with E-state index in [2.05, 4.69) is 24.2 Å². The topological polar surface area (TPSA) is 72.9 Å². The molecule has 108 valence electrons. The number of urea groups is 1. The molecule has 1 aliphatic heterocycles. The molecule has 6 nitrogen and oxygen atoms in total. The predicted octanol–water partition coefficient (Wildman–Crippen LogP) is 0.638. The average molecular weight is 287 g/mol. The summed E-state index contributed by atoms with van der Waals surface area (Å²) < 4.78 is 0. The number of nitrogens with one attached hydrogen (secondary N) is 1. The maximum atomic E-state index is 12.0. The van der Waals surface area contributed by atoms with Crippen LogP contribution in [0.1, 0.15) is 19.8 Å². The van der Waals surface area contributed by atoms with Gasteiger partial charge in [0.15, 0.2) is 0 Å². The first-order chi connectivity index (χ1) is 9.00. The van der Waals surface area contributed by atoms with Crippen LogP contribution in [0.3, 0.4) is 0 Å². The number of thioether (sulfide) groups is 1. The van der Waals surface area contributed by atoms with E-state index in [1.165, 1.54) is 29.5 Å². The Balaban J connectivity index is 1.78. The van der Waals surface area contributed by atoms with E-state index in [4.69, 9.17) is 5.11 Å². The SMILES string of the molecule is CC(CNC(=O)N1CSC[C@H]1C(=O)O)N(C)C1CC1. The van der Waals surface area contributed by atoms with Crippen LogP contribution in [0.5, 0.6) is 0 Å². The van der Waals surface area contributed by atoms with E-state index in [1.807, 2.05) is 0 Å². The Hall–Kier alpha value is -0.950. The van der Waals surface area contributed by atoms with Gasteiger partial charge in [-0.05, 0) is 26.8 Å². The molecule has 19 heavy (non-hydrogen) atoms. The molecule has 1 saturated heterocycles. The van der Waals surface area contributed by atoms with Crippen LogP contribution in [0.25, 0.3) is 0 Å². The number of aliphatic carboxylic acids is 1. The Kier molecular flexibility index (Phi) is 4.57. The quantitative estimate of drug-likeness (QED) is 0.776. The fourth-order valence-electron chi connectivity index (χ4n) is 2.17. The van der Waals surface area contributed by atoms with Crippen LogP contribution >= 0.6 is 11.8 Å². The number of rotatable bonds is 5. The van der Waals surface area contributed by atoms with E-state index in [0.717, 1.165) is 0 Å². The van der Waals surface area contributed by atoms with Crippen molar-refractivity contribution in [2.45, 2.75) is 37.9 Å². The Labute approximate surface area is 117 Å². The van der Waals surface area contributed by atoms with Crippen LogP contribution in [0.15, 0.2) is 0 Å². The Morgan fingerprint density at radius 2 is 2.21 bits per heavy atom. The summed E-state index contributed by atoms with van der Waals surface area (Å²) in [7, 11) is 2.07. The number of amides is 2. The van der Waals surface area contributed by atoms with Crippen molar-refractivity contribution in [3.05, 3.63) is 0 Å². The van der Waals surface area contributed by atoms with Gasteiger partial charge in [-0.3, -0.25) is 4.90 Å². The fraction of sp³-hybridized carbons (Fsp3) is 0.833. The van der Waals surface area contributed by atoms with E-state index in [1.54, 1.807) is 0 Å². The normalized spacial score (nSPS) is 24.6. The summed E-state index contributed by atoms with van der Waals surface area (Å²) in [6.45, 7) is 2.63. The molecule has 0 aromatic heterocycles. The van der Waals surface area contributed by atoms with Crippen LogP contribution in [0, 0.1) is 0 Å². The van der Waals surface area contributed by atoms with Gasteiger partial charge in [-0.25, -0.2) is 9.59 Å². The fourth-order valence-corrected chi connectivity index (χ4v) is 3.31. The lowest BCUT2D eigenvalue weighted by molar-refractivity contribution is -0.140. The van der Waals surface area contributed by atoms with Crippen LogP contribution in [-0.2, 0) is 4.79 Å². The molecule has 2 fully saturated rings. The second kappa shape index (κ2) is 6.00. The molecule has 0 radical (unpaired) electrons. The van der Waals surface area contributed by atoms with Gasteiger partial charge in [-0.15, -0.1) is 11.8 Å². The first-order valence-electron chi connectivity index (χ1n) is 6.57. The highest BCUT2D eigenvalue weighted by Gasteiger charge is 2.35. The van der Waals surface area contributed by atoms with Crippen LogP contribution in [0.4, 0.5) is 4.79 Å². The molecule has 2 atom stereocenters. The zero-order chi connectivity index (χ0) is 14.0. The number of carboxylic acids is 1. The first-order valence-corrected chi connectivity index (χ1v) is 7.73. The van der Waals surface area contributed by atoms with Crippen molar-refractivity contribution >= 4 is 23.8 Å². The molecule has 1 unspecified atom stereocenters. The molecule has 1 aliphatic carbocycles. The standard InChI is InChI=1S/C12H21N3O3S/c1-8(14(2)9-3-4-9)5-13-12(18)15-7-19-6-10(15)11(16)17/h8-10H,3-7H2,1-2H3,(H,13,18)(H,16,17)/t8?,10-/m0/s1. The number of carbonyl (C=O) groups is 2. The zero-order valence-corrected chi connectivity index (χ0v) is 12.2. The number of nitrogens with zero attached hydrogens (tertiary/aromatic N) is 2. The van der Waals surface area contributed by atoms with E-state index in [0.29, 0.717) is 24.2 Å². The van der Waals surface area contributed by atoms with E-state index < -0.39 is 12.0 Å². The molecule has 0 aromatic rings. The number of carbonyl (C=O) groups excluding carboxylic acids is 1. The minimum Gasteiger partial charge on any atom is -0.480 e. The van der Waals surface area contributed by atoms with Crippen molar-refractivity contribution < 1.29 is 14.7 Å². The van der Waals surface area contributed by atoms with Gasteiger partial charge in [-0.1, -0.05) is 0 Å². The summed E-state index contributed by atoms with van der Waals surface area (Å²) in [4.78, 5) is 26.7. The third kappa shape index (κ3) is 3.54. The zero-order valence-electron chi connectivity index (χ0n) is 11.3. The highest BCUT2D eigenvalue weighted by molar-refractivity contribution is 7.99. The third-order valence-electron chi connectivity index (χ3n) is 3.80. The van der Waals surface area contributed by atoms with Crippen molar-refractivity contribution in [2.24, 2.45) is 0 Å². The number of likely N-dealkylation sites (N-methyl/N-ethyl adjacent to an activating group) is 1. The molecular weight excluding hydrogens is 266 g/mol. The molecule has 0 spiro atoms. The summed E-state index contributed by atoms with van der Waals surface area (Å²) >= 11 is 1.48. The van der Waals surface area contributed by atoms with Gasteiger partial charge in [0.2, 0.25) is 0 Å². The molecule has 1 saturated carbocycles.